The predicted molar refractivity (Wildman–Crippen MR) is 292 cm³/mol. The molecule has 0 bridgehead atoms. The number of ether oxygens (including phenoxy) is 4. The zero-order valence-electron chi connectivity index (χ0n) is 43.5. The van der Waals surface area contributed by atoms with Crippen molar-refractivity contribution in [2.24, 2.45) is 0 Å². The summed E-state index contributed by atoms with van der Waals surface area (Å²) in [6.07, 6.45) is 10.5. The Hall–Kier alpha value is -6.86. The molecule has 76 heavy (non-hydrogen) atoms. The summed E-state index contributed by atoms with van der Waals surface area (Å²) in [4.78, 5) is 12.8. The molecule has 0 atom stereocenters. The van der Waals surface area contributed by atoms with Crippen molar-refractivity contribution in [3.63, 3.8) is 0 Å². The van der Waals surface area contributed by atoms with E-state index in [4.69, 9.17) is 42.1 Å². The van der Waals surface area contributed by atoms with E-state index in [0.29, 0.717) is 57.8 Å². The molecule has 8 rings (SSSR count). The van der Waals surface area contributed by atoms with E-state index in [2.05, 4.69) is 46.1 Å². The summed E-state index contributed by atoms with van der Waals surface area (Å²) in [6, 6.07) is 30.7. The van der Waals surface area contributed by atoms with Crippen molar-refractivity contribution in [3.8, 4) is 45.8 Å². The lowest BCUT2D eigenvalue weighted by Crippen LogP contribution is -2.49. The standard InChI is InChI=1S/C58H64Cl2N8O8/c1-39-43(33-75-53-25-51(45(23-49(53)59)29-65(5)57(3,35-69)36-70)73-31-41-15-17-55(61-27-41)67-21-9-19-63-67)11-7-13-47(39)48-14-8-12-44(40(48)2)34-76-54-26-52(46(24-50(54)60)30-66(6)58(4,37-71)38-72)74-32-42-16-18-56(62-28-42)68-22-10-20-64-68/h7-28,69-72H,29-38H2,1-6H3. The van der Waals surface area contributed by atoms with Gasteiger partial charge < -0.3 is 39.4 Å². The Morgan fingerprint density at radius 2 is 0.895 bits per heavy atom. The molecule has 16 nitrogen and oxygen atoms in total. The minimum Gasteiger partial charge on any atom is -0.488 e. The highest BCUT2D eigenvalue weighted by atomic mass is 35.5. The highest BCUT2D eigenvalue weighted by molar-refractivity contribution is 6.32. The summed E-state index contributed by atoms with van der Waals surface area (Å²) < 4.78 is 29.2. The van der Waals surface area contributed by atoms with Crippen LogP contribution >= 0.6 is 23.2 Å². The number of nitrogens with zero attached hydrogens (tertiary/aromatic N) is 8. The van der Waals surface area contributed by atoms with Gasteiger partial charge in [0.05, 0.1) is 47.6 Å². The molecule has 0 aliphatic carbocycles. The van der Waals surface area contributed by atoms with E-state index >= 15 is 0 Å². The molecule has 18 heteroatoms. The van der Waals surface area contributed by atoms with Crippen LogP contribution in [-0.4, -0.2) is 111 Å². The molecule has 0 aliphatic rings. The van der Waals surface area contributed by atoms with Gasteiger partial charge in [0.15, 0.2) is 11.6 Å². The molecule has 0 radical (unpaired) electrons. The van der Waals surface area contributed by atoms with Crippen molar-refractivity contribution in [1.29, 1.82) is 0 Å². The Balaban J connectivity index is 0.994. The average molecular weight is 1070 g/mol. The van der Waals surface area contributed by atoms with E-state index in [1.165, 1.54) is 0 Å². The van der Waals surface area contributed by atoms with Crippen molar-refractivity contribution >= 4 is 23.2 Å². The van der Waals surface area contributed by atoms with E-state index < -0.39 is 11.1 Å². The Labute approximate surface area is 453 Å². The topological polar surface area (TPSA) is 186 Å². The van der Waals surface area contributed by atoms with Gasteiger partial charge in [0.2, 0.25) is 0 Å². The maximum Gasteiger partial charge on any atom is 0.153 e. The Morgan fingerprint density at radius 1 is 0.500 bits per heavy atom. The van der Waals surface area contributed by atoms with Crippen LogP contribution in [0, 0.1) is 13.8 Å². The van der Waals surface area contributed by atoms with Crippen LogP contribution in [0.3, 0.4) is 0 Å². The molecule has 0 saturated heterocycles. The third-order valence-electron chi connectivity index (χ3n) is 14.1. The van der Waals surface area contributed by atoms with Crippen LogP contribution in [-0.2, 0) is 39.5 Å². The molecule has 398 valence electrons. The first-order valence-electron chi connectivity index (χ1n) is 24.7. The second-order valence-electron chi connectivity index (χ2n) is 19.4. The number of aliphatic hydroxyl groups is 4. The molecule has 0 spiro atoms. The van der Waals surface area contributed by atoms with E-state index in [1.54, 1.807) is 72.3 Å². The smallest absolute Gasteiger partial charge is 0.153 e. The highest BCUT2D eigenvalue weighted by Crippen LogP contribution is 2.39. The van der Waals surface area contributed by atoms with Crippen LogP contribution in [0.5, 0.6) is 23.0 Å². The molecule has 4 N–H and O–H groups in total. The van der Waals surface area contributed by atoms with E-state index in [9.17, 15) is 20.4 Å². The maximum atomic E-state index is 10.2. The summed E-state index contributed by atoms with van der Waals surface area (Å²) in [5.74, 6) is 3.28. The average Bonchev–Trinajstić information content (AvgIpc) is 4.20. The molecule has 0 unspecified atom stereocenters. The number of pyridine rings is 2. The van der Waals surface area contributed by atoms with Crippen molar-refractivity contribution in [2.45, 2.75) is 78.3 Å². The minimum atomic E-state index is -0.890. The SMILES string of the molecule is Cc1c(COc2cc(OCc3ccc(-n4cccn4)nc3)c(CN(C)C(C)(CO)CO)cc2Cl)cccc1-c1cccc(COc2cc(OCc3ccc(-n4cccn4)nc3)c(CN(C)C(C)(CO)CO)cc2Cl)c1C. The van der Waals surface area contributed by atoms with E-state index in [1.807, 2.05) is 97.0 Å². The molecule has 4 aromatic heterocycles. The number of hydrogen-bond donors (Lipinski definition) is 4. The summed E-state index contributed by atoms with van der Waals surface area (Å²) in [7, 11) is 3.66. The summed E-state index contributed by atoms with van der Waals surface area (Å²) >= 11 is 13.9. The number of halogens is 2. The van der Waals surface area contributed by atoms with Gasteiger partial charge >= 0.3 is 0 Å². The first-order chi connectivity index (χ1) is 36.6. The van der Waals surface area contributed by atoms with Gasteiger partial charge in [-0.05, 0) is 112 Å². The first kappa shape index (κ1) is 55.4. The van der Waals surface area contributed by atoms with Crippen LogP contribution in [0.2, 0.25) is 10.0 Å². The van der Waals surface area contributed by atoms with Crippen LogP contribution < -0.4 is 18.9 Å². The summed E-state index contributed by atoms with van der Waals surface area (Å²) in [5, 5.41) is 49.9. The number of hydrogen-bond acceptors (Lipinski definition) is 14. The zero-order valence-corrected chi connectivity index (χ0v) is 45.0. The lowest BCUT2D eigenvalue weighted by molar-refractivity contribution is 0.0103. The molecule has 4 aromatic carbocycles. The molecule has 8 aromatic rings. The van der Waals surface area contributed by atoms with Crippen molar-refractivity contribution in [1.82, 2.24) is 39.3 Å². The Kier molecular flexibility index (Phi) is 18.1. The molecule has 0 amide bonds. The lowest BCUT2D eigenvalue weighted by Gasteiger charge is -2.36. The fourth-order valence-electron chi connectivity index (χ4n) is 8.34. The quantitative estimate of drug-likeness (QED) is 0.0425. The number of aliphatic hydroxyl groups excluding tert-OH is 4. The van der Waals surface area contributed by atoms with Crippen LogP contribution in [0.4, 0.5) is 0 Å². The normalized spacial score (nSPS) is 11.9. The number of likely N-dealkylation sites (N-methyl/N-ethyl adjacent to an activating group) is 2. The minimum absolute atomic E-state index is 0.207. The fourth-order valence-corrected chi connectivity index (χ4v) is 8.83. The maximum absolute atomic E-state index is 10.2. The first-order valence-corrected chi connectivity index (χ1v) is 25.5. The molecule has 0 aliphatic heterocycles. The van der Waals surface area contributed by atoms with Gasteiger partial charge in [0.25, 0.3) is 0 Å². The summed E-state index contributed by atoms with van der Waals surface area (Å²) in [5.41, 5.74) is 7.42. The molecule has 0 saturated carbocycles. The van der Waals surface area contributed by atoms with E-state index in [-0.39, 0.29) is 52.9 Å². The van der Waals surface area contributed by atoms with Crippen LogP contribution in [0.1, 0.15) is 58.4 Å². The lowest BCUT2D eigenvalue weighted by atomic mass is 9.92. The second-order valence-corrected chi connectivity index (χ2v) is 20.2. The highest BCUT2D eigenvalue weighted by Gasteiger charge is 2.30. The van der Waals surface area contributed by atoms with Crippen LogP contribution in [0.25, 0.3) is 22.8 Å². The zero-order chi connectivity index (χ0) is 54.0. The molecule has 0 fully saturated rings. The Morgan fingerprint density at radius 3 is 1.24 bits per heavy atom. The monoisotopic (exact) mass is 1070 g/mol. The van der Waals surface area contributed by atoms with Gasteiger partial charge in [-0.2, -0.15) is 10.2 Å². The number of rotatable bonds is 25. The Bertz CT molecular complexity index is 2960. The molecular formula is C58H64Cl2N8O8. The van der Waals surface area contributed by atoms with Gasteiger partial charge in [-0.3, -0.25) is 9.80 Å². The van der Waals surface area contributed by atoms with Crippen LogP contribution in [0.15, 0.2) is 134 Å². The molecular weight excluding hydrogens is 1010 g/mol. The van der Waals surface area contributed by atoms with Gasteiger partial charge in [-0.25, -0.2) is 19.3 Å². The third kappa shape index (κ3) is 12.9. The second kappa shape index (κ2) is 24.9. The number of aromatic nitrogens is 6. The predicted octanol–water partition coefficient (Wildman–Crippen LogP) is 9.10. The molecule has 4 heterocycles. The van der Waals surface area contributed by atoms with Crippen molar-refractivity contribution in [2.75, 3.05) is 40.5 Å². The number of benzene rings is 4. The van der Waals surface area contributed by atoms with Crippen molar-refractivity contribution < 1.29 is 39.4 Å². The van der Waals surface area contributed by atoms with Gasteiger partial charge in [-0.15, -0.1) is 0 Å². The largest absolute Gasteiger partial charge is 0.488 e. The van der Waals surface area contributed by atoms with Gasteiger partial charge in [0, 0.05) is 84.7 Å². The van der Waals surface area contributed by atoms with Crippen molar-refractivity contribution in [3.05, 3.63) is 189 Å². The fraction of sp³-hybridized carbons (Fsp3) is 0.310. The third-order valence-corrected chi connectivity index (χ3v) is 14.7. The summed E-state index contributed by atoms with van der Waals surface area (Å²) in [6.45, 7) is 8.20. The van der Waals surface area contributed by atoms with Gasteiger partial charge in [0.1, 0.15) is 49.4 Å². The van der Waals surface area contributed by atoms with E-state index in [0.717, 1.165) is 55.6 Å². The van der Waals surface area contributed by atoms with Gasteiger partial charge in [-0.1, -0.05) is 71.7 Å².